The van der Waals surface area contributed by atoms with Crippen molar-refractivity contribution in [1.82, 2.24) is 4.90 Å². The number of amides is 1. The van der Waals surface area contributed by atoms with Gasteiger partial charge in [0.25, 0.3) is 5.91 Å². The lowest BCUT2D eigenvalue weighted by molar-refractivity contribution is -0.134. The van der Waals surface area contributed by atoms with Gasteiger partial charge in [-0.25, -0.2) is 4.79 Å². The highest BCUT2D eigenvalue weighted by Crippen LogP contribution is 2.32. The fourth-order valence-electron chi connectivity index (χ4n) is 3.41. The van der Waals surface area contributed by atoms with Gasteiger partial charge in [-0.15, -0.1) is 0 Å². The standard InChI is InChI=1S/C21H22N2O6/c1-26-17-5-3-2-4-16(17)22-8-10-23(11-9-22)20(24)13-27-21(25)15-6-7-18-19(12-15)29-14-28-18/h2-7,12H,8-11,13-14H2,1H3. The minimum Gasteiger partial charge on any atom is -0.495 e. The summed E-state index contributed by atoms with van der Waals surface area (Å²) >= 11 is 0. The largest absolute Gasteiger partial charge is 0.495 e. The van der Waals surface area contributed by atoms with Gasteiger partial charge in [0.15, 0.2) is 18.1 Å². The van der Waals surface area contributed by atoms with E-state index >= 15 is 0 Å². The van der Waals surface area contributed by atoms with Crippen molar-refractivity contribution in [2.45, 2.75) is 0 Å². The predicted molar refractivity (Wildman–Crippen MR) is 105 cm³/mol. The van der Waals surface area contributed by atoms with Crippen molar-refractivity contribution in [2.75, 3.05) is 51.6 Å². The number of hydrogen-bond donors (Lipinski definition) is 0. The van der Waals surface area contributed by atoms with Gasteiger partial charge in [-0.05, 0) is 30.3 Å². The molecule has 4 rings (SSSR count). The molecule has 2 aliphatic rings. The van der Waals surface area contributed by atoms with Crippen LogP contribution in [-0.2, 0) is 9.53 Å². The number of methoxy groups -OCH3 is 1. The van der Waals surface area contributed by atoms with Gasteiger partial charge in [0.2, 0.25) is 6.79 Å². The maximum absolute atomic E-state index is 12.4. The van der Waals surface area contributed by atoms with Crippen LogP contribution in [0, 0.1) is 0 Å². The lowest BCUT2D eigenvalue weighted by Crippen LogP contribution is -2.50. The highest BCUT2D eigenvalue weighted by Gasteiger charge is 2.24. The number of carbonyl (C=O) groups excluding carboxylic acids is 2. The van der Waals surface area contributed by atoms with Crippen LogP contribution in [0.15, 0.2) is 42.5 Å². The summed E-state index contributed by atoms with van der Waals surface area (Å²) in [6, 6.07) is 12.6. The summed E-state index contributed by atoms with van der Waals surface area (Å²) in [5.41, 5.74) is 1.33. The van der Waals surface area contributed by atoms with Crippen LogP contribution in [0.3, 0.4) is 0 Å². The van der Waals surface area contributed by atoms with Crippen LogP contribution in [0.25, 0.3) is 0 Å². The monoisotopic (exact) mass is 398 g/mol. The zero-order valence-electron chi connectivity index (χ0n) is 16.1. The first-order chi connectivity index (χ1) is 14.2. The number of carbonyl (C=O) groups is 2. The van der Waals surface area contributed by atoms with Crippen LogP contribution < -0.4 is 19.1 Å². The van der Waals surface area contributed by atoms with Gasteiger partial charge in [-0.3, -0.25) is 4.79 Å². The molecule has 0 aromatic heterocycles. The van der Waals surface area contributed by atoms with Crippen molar-refractivity contribution >= 4 is 17.6 Å². The average molecular weight is 398 g/mol. The molecule has 2 aromatic carbocycles. The molecule has 2 heterocycles. The topological polar surface area (TPSA) is 77.5 Å². The first kappa shape index (κ1) is 18.9. The van der Waals surface area contributed by atoms with E-state index in [0.717, 1.165) is 11.4 Å². The summed E-state index contributed by atoms with van der Waals surface area (Å²) in [5.74, 6) is 1.12. The van der Waals surface area contributed by atoms with Crippen LogP contribution in [0.5, 0.6) is 17.2 Å². The van der Waals surface area contributed by atoms with Gasteiger partial charge in [0.05, 0.1) is 18.4 Å². The molecule has 8 heteroatoms. The molecule has 152 valence electrons. The van der Waals surface area contributed by atoms with Crippen LogP contribution in [0.1, 0.15) is 10.4 Å². The number of piperazine rings is 1. The third kappa shape index (κ3) is 4.06. The Morgan fingerprint density at radius 1 is 1.00 bits per heavy atom. The number of ether oxygens (including phenoxy) is 4. The minimum absolute atomic E-state index is 0.132. The molecule has 0 atom stereocenters. The molecule has 1 saturated heterocycles. The molecule has 0 radical (unpaired) electrons. The van der Waals surface area contributed by atoms with Gasteiger partial charge < -0.3 is 28.7 Å². The molecule has 0 bridgehead atoms. The quantitative estimate of drug-likeness (QED) is 0.712. The average Bonchev–Trinajstić information content (AvgIpc) is 3.25. The van der Waals surface area contributed by atoms with E-state index in [1.807, 2.05) is 24.3 Å². The maximum Gasteiger partial charge on any atom is 0.338 e. The van der Waals surface area contributed by atoms with E-state index in [2.05, 4.69) is 4.90 Å². The van der Waals surface area contributed by atoms with Gasteiger partial charge in [0, 0.05) is 26.2 Å². The van der Waals surface area contributed by atoms with Crippen molar-refractivity contribution < 1.29 is 28.5 Å². The number of anilines is 1. The molecule has 1 fully saturated rings. The lowest BCUT2D eigenvalue weighted by Gasteiger charge is -2.36. The molecule has 2 aliphatic heterocycles. The normalized spacial score (nSPS) is 15.2. The summed E-state index contributed by atoms with van der Waals surface area (Å²) in [6.07, 6.45) is 0. The zero-order chi connectivity index (χ0) is 20.2. The van der Waals surface area contributed by atoms with Gasteiger partial charge >= 0.3 is 5.97 Å². The van der Waals surface area contributed by atoms with Crippen molar-refractivity contribution in [3.63, 3.8) is 0 Å². The summed E-state index contributed by atoms with van der Waals surface area (Å²) in [7, 11) is 1.65. The fraction of sp³-hybridized carbons (Fsp3) is 0.333. The fourth-order valence-corrected chi connectivity index (χ4v) is 3.41. The van der Waals surface area contributed by atoms with E-state index in [0.29, 0.717) is 43.2 Å². The van der Waals surface area contributed by atoms with Crippen molar-refractivity contribution in [2.24, 2.45) is 0 Å². The van der Waals surface area contributed by atoms with Gasteiger partial charge in [0.1, 0.15) is 5.75 Å². The molecular weight excluding hydrogens is 376 g/mol. The molecule has 2 aromatic rings. The smallest absolute Gasteiger partial charge is 0.338 e. The molecule has 8 nitrogen and oxygen atoms in total. The zero-order valence-corrected chi connectivity index (χ0v) is 16.1. The number of hydrogen-bond acceptors (Lipinski definition) is 7. The molecule has 0 saturated carbocycles. The first-order valence-electron chi connectivity index (χ1n) is 9.38. The molecule has 1 amide bonds. The number of rotatable bonds is 5. The Labute approximate surface area is 168 Å². The Morgan fingerprint density at radius 2 is 1.76 bits per heavy atom. The second kappa shape index (κ2) is 8.30. The van der Waals surface area contributed by atoms with Crippen molar-refractivity contribution in [3.05, 3.63) is 48.0 Å². The van der Waals surface area contributed by atoms with E-state index in [-0.39, 0.29) is 19.3 Å². The summed E-state index contributed by atoms with van der Waals surface area (Å²) in [6.45, 7) is 2.32. The Kier molecular flexibility index (Phi) is 5.41. The van der Waals surface area contributed by atoms with Crippen LogP contribution in [0.4, 0.5) is 5.69 Å². The SMILES string of the molecule is COc1ccccc1N1CCN(C(=O)COC(=O)c2ccc3c(c2)OCO3)CC1. The predicted octanol–water partition coefficient (Wildman–Crippen LogP) is 1.93. The number of fused-ring (bicyclic) bond motifs is 1. The van der Waals surface area contributed by atoms with E-state index in [9.17, 15) is 9.59 Å². The number of benzene rings is 2. The Balaban J connectivity index is 1.28. The van der Waals surface area contributed by atoms with Crippen molar-refractivity contribution in [1.29, 1.82) is 0 Å². The minimum atomic E-state index is -0.565. The molecular formula is C21H22N2O6. The third-order valence-corrected chi connectivity index (χ3v) is 4.99. The second-order valence-corrected chi connectivity index (χ2v) is 6.68. The van der Waals surface area contributed by atoms with E-state index < -0.39 is 5.97 Å². The van der Waals surface area contributed by atoms with Crippen LogP contribution in [0.2, 0.25) is 0 Å². The van der Waals surface area contributed by atoms with Crippen LogP contribution >= 0.6 is 0 Å². The lowest BCUT2D eigenvalue weighted by atomic mass is 10.2. The Bertz CT molecular complexity index is 908. The molecule has 29 heavy (non-hydrogen) atoms. The number of nitrogens with zero attached hydrogens (tertiary/aromatic N) is 2. The number of para-hydroxylation sites is 2. The highest BCUT2D eigenvalue weighted by molar-refractivity contribution is 5.92. The Morgan fingerprint density at radius 3 is 2.55 bits per heavy atom. The van der Waals surface area contributed by atoms with E-state index in [1.165, 1.54) is 0 Å². The second-order valence-electron chi connectivity index (χ2n) is 6.68. The van der Waals surface area contributed by atoms with Gasteiger partial charge in [-0.2, -0.15) is 0 Å². The van der Waals surface area contributed by atoms with Crippen molar-refractivity contribution in [3.8, 4) is 17.2 Å². The van der Waals surface area contributed by atoms with E-state index in [1.54, 1.807) is 30.2 Å². The first-order valence-corrected chi connectivity index (χ1v) is 9.38. The summed E-state index contributed by atoms with van der Waals surface area (Å²) < 4.78 is 21.1. The third-order valence-electron chi connectivity index (χ3n) is 4.99. The summed E-state index contributed by atoms with van der Waals surface area (Å²) in [4.78, 5) is 28.6. The molecule has 0 unspecified atom stereocenters. The van der Waals surface area contributed by atoms with Gasteiger partial charge in [-0.1, -0.05) is 12.1 Å². The van der Waals surface area contributed by atoms with Crippen LogP contribution in [-0.4, -0.2) is 63.5 Å². The Hall–Kier alpha value is -3.42. The highest BCUT2D eigenvalue weighted by atomic mass is 16.7. The van der Waals surface area contributed by atoms with E-state index in [4.69, 9.17) is 18.9 Å². The molecule has 0 aliphatic carbocycles. The molecule has 0 N–H and O–H groups in total. The molecule has 0 spiro atoms. The maximum atomic E-state index is 12.4. The summed E-state index contributed by atoms with van der Waals surface area (Å²) in [5, 5.41) is 0. The number of esters is 1.